The summed E-state index contributed by atoms with van der Waals surface area (Å²) in [6, 6.07) is 6.26. The van der Waals surface area contributed by atoms with E-state index < -0.39 is 0 Å². The van der Waals surface area contributed by atoms with Crippen LogP contribution in [0.2, 0.25) is 0 Å². The average molecular weight is 306 g/mol. The molecule has 0 saturated carbocycles. The Morgan fingerprint density at radius 3 is 2.83 bits per heavy atom. The van der Waals surface area contributed by atoms with E-state index in [-0.39, 0.29) is 0 Å². The lowest BCUT2D eigenvalue weighted by Gasteiger charge is -2.15. The van der Waals surface area contributed by atoms with Crippen molar-refractivity contribution in [3.05, 3.63) is 39.5 Å². The van der Waals surface area contributed by atoms with E-state index in [1.807, 2.05) is 4.68 Å². The van der Waals surface area contributed by atoms with Gasteiger partial charge in [0.15, 0.2) is 0 Å². The molecule has 4 heteroatoms. The highest BCUT2D eigenvalue weighted by molar-refractivity contribution is 9.10. The summed E-state index contributed by atoms with van der Waals surface area (Å²) in [5, 5.41) is 4.53. The van der Waals surface area contributed by atoms with Crippen molar-refractivity contribution in [2.24, 2.45) is 0 Å². The molecule has 2 aromatic rings. The van der Waals surface area contributed by atoms with Crippen molar-refractivity contribution in [3.8, 4) is 5.69 Å². The maximum absolute atomic E-state index is 6.04. The number of nitrogen functional groups attached to an aromatic ring is 1. The SMILES string of the molecule is Cc1cc(Br)ccc1-n1nc(N)c2c1CCCC2. The van der Waals surface area contributed by atoms with Crippen LogP contribution in [0.3, 0.4) is 0 Å². The second-order valence-corrected chi connectivity index (χ2v) is 5.78. The Morgan fingerprint density at radius 2 is 2.06 bits per heavy atom. The normalized spacial score (nSPS) is 14.6. The van der Waals surface area contributed by atoms with Crippen molar-refractivity contribution in [1.82, 2.24) is 9.78 Å². The maximum Gasteiger partial charge on any atom is 0.149 e. The summed E-state index contributed by atoms with van der Waals surface area (Å²) < 4.78 is 3.13. The Hall–Kier alpha value is -1.29. The first-order valence-electron chi connectivity index (χ1n) is 6.29. The Morgan fingerprint density at radius 1 is 1.28 bits per heavy atom. The molecule has 1 heterocycles. The van der Waals surface area contributed by atoms with E-state index in [0.29, 0.717) is 5.82 Å². The topological polar surface area (TPSA) is 43.8 Å². The molecule has 0 unspecified atom stereocenters. The van der Waals surface area contributed by atoms with Crippen LogP contribution in [0.4, 0.5) is 5.82 Å². The lowest BCUT2D eigenvalue weighted by atomic mass is 9.97. The zero-order chi connectivity index (χ0) is 12.7. The van der Waals surface area contributed by atoms with Crippen LogP contribution >= 0.6 is 15.9 Å². The van der Waals surface area contributed by atoms with Crippen molar-refractivity contribution in [2.45, 2.75) is 32.6 Å². The number of benzene rings is 1. The van der Waals surface area contributed by atoms with Gasteiger partial charge in [-0.15, -0.1) is 0 Å². The average Bonchev–Trinajstić information content (AvgIpc) is 2.68. The van der Waals surface area contributed by atoms with Crippen molar-refractivity contribution >= 4 is 21.7 Å². The fourth-order valence-electron chi connectivity index (χ4n) is 2.68. The molecule has 94 valence electrons. The fourth-order valence-corrected chi connectivity index (χ4v) is 3.16. The third-order valence-electron chi connectivity index (χ3n) is 3.60. The lowest BCUT2D eigenvalue weighted by Crippen LogP contribution is -2.08. The molecule has 0 bridgehead atoms. The van der Waals surface area contributed by atoms with E-state index in [1.54, 1.807) is 0 Å². The minimum atomic E-state index is 0.701. The molecule has 0 radical (unpaired) electrons. The molecule has 1 aliphatic rings. The summed E-state index contributed by atoms with van der Waals surface area (Å²) in [4.78, 5) is 0. The number of aromatic nitrogens is 2. The molecule has 3 rings (SSSR count). The van der Waals surface area contributed by atoms with E-state index in [9.17, 15) is 0 Å². The first-order chi connectivity index (χ1) is 8.66. The van der Waals surface area contributed by atoms with Gasteiger partial charge >= 0.3 is 0 Å². The molecule has 18 heavy (non-hydrogen) atoms. The second-order valence-electron chi connectivity index (χ2n) is 4.86. The van der Waals surface area contributed by atoms with E-state index in [4.69, 9.17) is 5.73 Å². The zero-order valence-corrected chi connectivity index (χ0v) is 12.0. The van der Waals surface area contributed by atoms with Crippen LogP contribution in [0, 0.1) is 6.92 Å². The van der Waals surface area contributed by atoms with Crippen LogP contribution in [0.1, 0.15) is 29.7 Å². The van der Waals surface area contributed by atoms with Gasteiger partial charge in [0.25, 0.3) is 0 Å². The number of nitrogens with zero attached hydrogens (tertiary/aromatic N) is 2. The molecule has 1 aromatic carbocycles. The maximum atomic E-state index is 6.04. The van der Waals surface area contributed by atoms with Crippen LogP contribution in [-0.2, 0) is 12.8 Å². The number of halogens is 1. The lowest BCUT2D eigenvalue weighted by molar-refractivity contribution is 0.652. The van der Waals surface area contributed by atoms with E-state index in [1.165, 1.54) is 29.7 Å². The predicted octanol–water partition coefficient (Wildman–Crippen LogP) is 3.40. The minimum Gasteiger partial charge on any atom is -0.382 e. The monoisotopic (exact) mass is 305 g/mol. The second kappa shape index (κ2) is 4.43. The molecule has 3 nitrogen and oxygen atoms in total. The van der Waals surface area contributed by atoms with Gasteiger partial charge in [0.05, 0.1) is 5.69 Å². The number of hydrogen-bond donors (Lipinski definition) is 1. The molecule has 1 aromatic heterocycles. The number of anilines is 1. The summed E-state index contributed by atoms with van der Waals surface area (Å²) in [5.41, 5.74) is 10.9. The standard InChI is InChI=1S/C14H16BrN3/c1-9-8-10(15)6-7-12(9)18-13-5-3-2-4-11(13)14(16)17-18/h6-8H,2-5H2,1H3,(H2,16,17). The Bertz CT molecular complexity index is 601. The molecule has 2 N–H and O–H groups in total. The highest BCUT2D eigenvalue weighted by Gasteiger charge is 2.20. The van der Waals surface area contributed by atoms with Gasteiger partial charge in [-0.1, -0.05) is 15.9 Å². The highest BCUT2D eigenvalue weighted by atomic mass is 79.9. The summed E-state index contributed by atoms with van der Waals surface area (Å²) in [6.45, 7) is 2.10. The van der Waals surface area contributed by atoms with Gasteiger partial charge in [-0.05, 0) is 56.4 Å². The predicted molar refractivity (Wildman–Crippen MR) is 77.1 cm³/mol. The number of fused-ring (bicyclic) bond motifs is 1. The summed E-state index contributed by atoms with van der Waals surface area (Å²) in [5.74, 6) is 0.701. The molecule has 0 fully saturated rings. The number of nitrogens with two attached hydrogens (primary N) is 1. The van der Waals surface area contributed by atoms with Crippen LogP contribution < -0.4 is 5.73 Å². The first-order valence-corrected chi connectivity index (χ1v) is 7.09. The van der Waals surface area contributed by atoms with Crippen LogP contribution in [0.15, 0.2) is 22.7 Å². The quantitative estimate of drug-likeness (QED) is 0.877. The third kappa shape index (κ3) is 1.85. The number of rotatable bonds is 1. The molecule has 1 aliphatic carbocycles. The van der Waals surface area contributed by atoms with Gasteiger partial charge in [-0.25, -0.2) is 4.68 Å². The van der Waals surface area contributed by atoms with Crippen molar-refractivity contribution in [3.63, 3.8) is 0 Å². The zero-order valence-electron chi connectivity index (χ0n) is 10.4. The van der Waals surface area contributed by atoms with E-state index in [0.717, 1.165) is 23.0 Å². The fraction of sp³-hybridized carbons (Fsp3) is 0.357. The summed E-state index contributed by atoms with van der Waals surface area (Å²) >= 11 is 3.49. The molecule has 0 spiro atoms. The van der Waals surface area contributed by atoms with Crippen LogP contribution in [0.25, 0.3) is 5.69 Å². The molecule has 0 saturated heterocycles. The third-order valence-corrected chi connectivity index (χ3v) is 4.09. The molecule has 0 atom stereocenters. The Balaban J connectivity index is 2.17. The van der Waals surface area contributed by atoms with Crippen LogP contribution in [-0.4, -0.2) is 9.78 Å². The largest absolute Gasteiger partial charge is 0.382 e. The van der Waals surface area contributed by atoms with Gasteiger partial charge in [0, 0.05) is 15.7 Å². The van der Waals surface area contributed by atoms with Crippen LogP contribution in [0.5, 0.6) is 0 Å². The smallest absolute Gasteiger partial charge is 0.149 e. The molecule has 0 amide bonds. The first kappa shape index (κ1) is 11.8. The van der Waals surface area contributed by atoms with Crippen molar-refractivity contribution < 1.29 is 0 Å². The number of aryl methyl sites for hydroxylation is 1. The van der Waals surface area contributed by atoms with Gasteiger partial charge < -0.3 is 5.73 Å². The Labute approximate surface area is 115 Å². The van der Waals surface area contributed by atoms with Gasteiger partial charge in [-0.3, -0.25) is 0 Å². The van der Waals surface area contributed by atoms with Crippen molar-refractivity contribution in [1.29, 1.82) is 0 Å². The molecular weight excluding hydrogens is 290 g/mol. The van der Waals surface area contributed by atoms with E-state index in [2.05, 4.69) is 46.2 Å². The highest BCUT2D eigenvalue weighted by Crippen LogP contribution is 2.29. The van der Waals surface area contributed by atoms with Gasteiger partial charge in [0.1, 0.15) is 5.82 Å². The van der Waals surface area contributed by atoms with Gasteiger partial charge in [-0.2, -0.15) is 5.10 Å². The molecule has 0 aliphatic heterocycles. The van der Waals surface area contributed by atoms with Crippen molar-refractivity contribution in [2.75, 3.05) is 5.73 Å². The summed E-state index contributed by atoms with van der Waals surface area (Å²) in [7, 11) is 0. The van der Waals surface area contributed by atoms with Gasteiger partial charge in [0.2, 0.25) is 0 Å². The van der Waals surface area contributed by atoms with E-state index >= 15 is 0 Å². The Kier molecular flexibility index (Phi) is 2.90. The number of hydrogen-bond acceptors (Lipinski definition) is 2. The summed E-state index contributed by atoms with van der Waals surface area (Å²) in [6.07, 6.45) is 4.60. The molecular formula is C14H16BrN3. The minimum absolute atomic E-state index is 0.701.